The van der Waals surface area contributed by atoms with Crippen LogP contribution >= 0.6 is 0 Å². The minimum absolute atomic E-state index is 0.157. The van der Waals surface area contributed by atoms with E-state index in [1.54, 1.807) is 37.3 Å². The van der Waals surface area contributed by atoms with Crippen LogP contribution in [0, 0.1) is 6.92 Å². The molecule has 0 radical (unpaired) electrons. The second-order valence-corrected chi connectivity index (χ2v) is 7.43. The van der Waals surface area contributed by atoms with Gasteiger partial charge >= 0.3 is 5.97 Å². The van der Waals surface area contributed by atoms with E-state index >= 15 is 0 Å². The molecule has 0 atom stereocenters. The van der Waals surface area contributed by atoms with Crippen molar-refractivity contribution in [1.82, 2.24) is 9.19 Å². The Labute approximate surface area is 146 Å². The topological polar surface area (TPSA) is 78.3 Å². The van der Waals surface area contributed by atoms with Gasteiger partial charge in [0.15, 0.2) is 0 Å². The van der Waals surface area contributed by atoms with E-state index in [1.807, 2.05) is 6.92 Å². The molecule has 0 aliphatic rings. The van der Waals surface area contributed by atoms with E-state index in [4.69, 9.17) is 4.74 Å². The van der Waals surface area contributed by atoms with E-state index in [9.17, 15) is 13.2 Å². The second-order valence-electron chi connectivity index (χ2n) is 5.67. The molecule has 0 unspecified atom stereocenters. The van der Waals surface area contributed by atoms with E-state index in [0.717, 1.165) is 10.5 Å². The number of nitrogens with zero attached hydrogens (tertiary/aromatic N) is 2. The number of aryl methyl sites for hydroxylation is 1. The zero-order chi connectivity index (χ0) is 18.0. The van der Waals surface area contributed by atoms with Crippen LogP contribution in [0.3, 0.4) is 0 Å². The third kappa shape index (κ3) is 3.15. The Morgan fingerprint density at radius 2 is 1.92 bits per heavy atom. The lowest BCUT2D eigenvalue weighted by atomic mass is 10.1. The molecule has 0 spiro atoms. The van der Waals surface area contributed by atoms with Crippen LogP contribution in [-0.4, -0.2) is 30.2 Å². The quantitative estimate of drug-likeness (QED) is 0.655. The van der Waals surface area contributed by atoms with Crippen molar-refractivity contribution >= 4 is 26.9 Å². The van der Waals surface area contributed by atoms with Gasteiger partial charge in [0.25, 0.3) is 10.0 Å². The summed E-state index contributed by atoms with van der Waals surface area (Å²) in [5, 5.41) is 4.59. The highest BCUT2D eigenvalue weighted by Gasteiger charge is 2.21. The number of hydrogen-bond acceptors (Lipinski definition) is 5. The molecule has 130 valence electrons. The van der Waals surface area contributed by atoms with Crippen molar-refractivity contribution < 1.29 is 17.9 Å². The van der Waals surface area contributed by atoms with Gasteiger partial charge in [0, 0.05) is 5.39 Å². The van der Waals surface area contributed by atoms with Crippen molar-refractivity contribution in [2.45, 2.75) is 25.2 Å². The first-order valence-corrected chi connectivity index (χ1v) is 9.35. The summed E-state index contributed by atoms with van der Waals surface area (Å²) in [4.78, 5) is 12.3. The Hall–Kier alpha value is -2.67. The lowest BCUT2D eigenvalue weighted by Gasteiger charge is -2.09. The standard InChI is InChI=1S/C18H18N2O4S/c1-3-9-24-18(21)16-11-14-12-19-20(17(14)10-13(16)2)25(22,23)15-7-5-4-6-8-15/h4-8,10-12H,3,9H2,1-2H3. The molecule has 0 bridgehead atoms. The van der Waals surface area contributed by atoms with E-state index in [0.29, 0.717) is 28.6 Å². The van der Waals surface area contributed by atoms with Gasteiger partial charge in [0.2, 0.25) is 0 Å². The third-order valence-electron chi connectivity index (χ3n) is 3.81. The molecule has 3 aromatic rings. The van der Waals surface area contributed by atoms with Crippen LogP contribution < -0.4 is 0 Å². The summed E-state index contributed by atoms with van der Waals surface area (Å²) in [6.07, 6.45) is 2.17. The fourth-order valence-corrected chi connectivity index (χ4v) is 3.82. The number of fused-ring (bicyclic) bond motifs is 1. The zero-order valence-electron chi connectivity index (χ0n) is 14.0. The first-order valence-electron chi connectivity index (χ1n) is 7.91. The van der Waals surface area contributed by atoms with Crippen molar-refractivity contribution in [3.8, 4) is 0 Å². The van der Waals surface area contributed by atoms with E-state index in [2.05, 4.69) is 5.10 Å². The van der Waals surface area contributed by atoms with Gasteiger partial charge in [-0.15, -0.1) is 0 Å². The summed E-state index contributed by atoms with van der Waals surface area (Å²) in [6.45, 7) is 4.01. The van der Waals surface area contributed by atoms with Crippen molar-refractivity contribution in [2.75, 3.05) is 6.61 Å². The molecule has 0 aliphatic carbocycles. The average Bonchev–Trinajstić information content (AvgIpc) is 3.03. The first kappa shape index (κ1) is 17.2. The molecule has 1 heterocycles. The predicted molar refractivity (Wildman–Crippen MR) is 94.1 cm³/mol. The fraction of sp³-hybridized carbons (Fsp3) is 0.222. The molecule has 7 heteroatoms. The van der Waals surface area contributed by atoms with E-state index in [1.165, 1.54) is 18.3 Å². The lowest BCUT2D eigenvalue weighted by Crippen LogP contribution is -2.14. The van der Waals surface area contributed by atoms with Crippen LogP contribution in [0.5, 0.6) is 0 Å². The Morgan fingerprint density at radius 1 is 1.20 bits per heavy atom. The third-order valence-corrected chi connectivity index (χ3v) is 5.42. The van der Waals surface area contributed by atoms with Crippen molar-refractivity contribution in [1.29, 1.82) is 0 Å². The minimum atomic E-state index is -3.80. The summed E-state index contributed by atoms with van der Waals surface area (Å²) in [5.41, 5.74) is 1.48. The lowest BCUT2D eigenvalue weighted by molar-refractivity contribution is 0.0504. The van der Waals surface area contributed by atoms with Gasteiger partial charge in [-0.2, -0.15) is 17.6 Å². The van der Waals surface area contributed by atoms with Crippen LogP contribution in [0.4, 0.5) is 0 Å². The Bertz CT molecular complexity index is 1020. The summed E-state index contributed by atoms with van der Waals surface area (Å²) in [5.74, 6) is -0.417. The molecule has 0 aliphatic heterocycles. The number of benzene rings is 2. The molecule has 0 amide bonds. The normalized spacial score (nSPS) is 11.6. The molecule has 6 nitrogen and oxygen atoms in total. The van der Waals surface area contributed by atoms with Gasteiger partial charge in [0.05, 0.1) is 28.8 Å². The zero-order valence-corrected chi connectivity index (χ0v) is 14.8. The molecule has 25 heavy (non-hydrogen) atoms. The first-order chi connectivity index (χ1) is 11.9. The summed E-state index contributed by atoms with van der Waals surface area (Å²) in [7, 11) is -3.80. The van der Waals surface area contributed by atoms with Crippen LogP contribution in [0.2, 0.25) is 0 Å². The molecular formula is C18H18N2O4S. The van der Waals surface area contributed by atoms with Crippen molar-refractivity contribution in [2.24, 2.45) is 0 Å². The van der Waals surface area contributed by atoms with Gasteiger partial charge in [-0.05, 0) is 43.2 Å². The highest BCUT2D eigenvalue weighted by atomic mass is 32.2. The number of carbonyl (C=O) groups is 1. The summed E-state index contributed by atoms with van der Waals surface area (Å²) >= 11 is 0. The second kappa shape index (κ2) is 6.68. The highest BCUT2D eigenvalue weighted by molar-refractivity contribution is 7.90. The van der Waals surface area contributed by atoms with E-state index in [-0.39, 0.29) is 4.90 Å². The number of hydrogen-bond donors (Lipinski definition) is 0. The van der Waals surface area contributed by atoms with Gasteiger partial charge in [0.1, 0.15) is 0 Å². The number of rotatable bonds is 5. The van der Waals surface area contributed by atoms with Crippen LogP contribution in [0.1, 0.15) is 29.3 Å². The molecule has 2 aromatic carbocycles. The summed E-state index contributed by atoms with van der Waals surface area (Å²) < 4.78 is 31.7. The monoisotopic (exact) mass is 358 g/mol. The molecule has 0 fully saturated rings. The maximum atomic E-state index is 12.8. The maximum absolute atomic E-state index is 12.8. The predicted octanol–water partition coefficient (Wildman–Crippen LogP) is 3.15. The number of esters is 1. The molecule has 0 saturated carbocycles. The molecule has 0 N–H and O–H groups in total. The molecular weight excluding hydrogens is 340 g/mol. The molecule has 0 saturated heterocycles. The Kier molecular flexibility index (Phi) is 4.59. The smallest absolute Gasteiger partial charge is 0.338 e. The van der Waals surface area contributed by atoms with E-state index < -0.39 is 16.0 Å². The van der Waals surface area contributed by atoms with Gasteiger partial charge in [-0.25, -0.2) is 4.79 Å². The summed E-state index contributed by atoms with van der Waals surface area (Å²) in [6, 6.07) is 11.4. The maximum Gasteiger partial charge on any atom is 0.338 e. The molecule has 1 aromatic heterocycles. The Balaban J connectivity index is 2.09. The van der Waals surface area contributed by atoms with Crippen molar-refractivity contribution in [3.63, 3.8) is 0 Å². The number of ether oxygens (including phenoxy) is 1. The van der Waals surface area contributed by atoms with Crippen molar-refractivity contribution in [3.05, 3.63) is 59.8 Å². The number of carbonyl (C=O) groups excluding carboxylic acids is 1. The van der Waals surface area contributed by atoms with Gasteiger partial charge < -0.3 is 4.74 Å². The average molecular weight is 358 g/mol. The van der Waals surface area contributed by atoms with Crippen LogP contribution in [-0.2, 0) is 14.8 Å². The SMILES string of the molecule is CCCOC(=O)c1cc2cnn(S(=O)(=O)c3ccccc3)c2cc1C. The van der Waals surface area contributed by atoms with Crippen LogP contribution in [0.15, 0.2) is 53.6 Å². The van der Waals surface area contributed by atoms with Crippen LogP contribution in [0.25, 0.3) is 10.9 Å². The fourth-order valence-electron chi connectivity index (χ4n) is 2.53. The highest BCUT2D eigenvalue weighted by Crippen LogP contribution is 2.24. The molecule has 3 rings (SSSR count). The van der Waals surface area contributed by atoms with Gasteiger partial charge in [-0.1, -0.05) is 25.1 Å². The minimum Gasteiger partial charge on any atom is -0.462 e. The van der Waals surface area contributed by atoms with Gasteiger partial charge in [-0.3, -0.25) is 0 Å². The number of aromatic nitrogens is 2. The largest absolute Gasteiger partial charge is 0.462 e. The Morgan fingerprint density at radius 3 is 2.60 bits per heavy atom.